The molecular weight excluding hydrogens is 568 g/mol. The Bertz CT molecular complexity index is 1680. The van der Waals surface area contributed by atoms with Gasteiger partial charge >= 0.3 is 5.97 Å². The lowest BCUT2D eigenvalue weighted by atomic mass is 10.1. The summed E-state index contributed by atoms with van der Waals surface area (Å²) in [6, 6.07) is 8.39. The van der Waals surface area contributed by atoms with Crippen LogP contribution in [0.1, 0.15) is 35.5 Å². The van der Waals surface area contributed by atoms with Crippen LogP contribution in [0.5, 0.6) is 23.0 Å². The van der Waals surface area contributed by atoms with Gasteiger partial charge in [-0.2, -0.15) is 5.10 Å². The smallest absolute Gasteiger partial charge is 0.310 e. The summed E-state index contributed by atoms with van der Waals surface area (Å²) < 4.78 is 28.8. The van der Waals surface area contributed by atoms with Crippen LogP contribution in [-0.4, -0.2) is 66.3 Å². The molecule has 0 radical (unpaired) electrons. The van der Waals surface area contributed by atoms with Gasteiger partial charge in [-0.25, -0.2) is 9.67 Å². The third kappa shape index (κ3) is 7.01. The number of hydrogen-bond donors (Lipinski definition) is 1. The zero-order valence-corrected chi connectivity index (χ0v) is 25.0. The molecule has 0 aliphatic carbocycles. The van der Waals surface area contributed by atoms with Crippen molar-refractivity contribution in [1.82, 2.24) is 19.7 Å². The molecule has 13 heteroatoms. The molecule has 0 fully saturated rings. The van der Waals surface area contributed by atoms with Crippen LogP contribution in [0, 0.1) is 0 Å². The van der Waals surface area contributed by atoms with Crippen molar-refractivity contribution in [3.05, 3.63) is 78.0 Å². The molecule has 3 aromatic heterocycles. The van der Waals surface area contributed by atoms with Gasteiger partial charge < -0.3 is 29.0 Å². The molecule has 4 rings (SSSR count). The monoisotopic (exact) mass is 600 g/mol. The van der Waals surface area contributed by atoms with Crippen molar-refractivity contribution >= 4 is 35.9 Å². The van der Waals surface area contributed by atoms with E-state index in [1.807, 2.05) is 6.92 Å². The first-order valence-electron chi connectivity index (χ1n) is 13.4. The third-order valence-corrected chi connectivity index (χ3v) is 6.30. The summed E-state index contributed by atoms with van der Waals surface area (Å²) in [5, 5.41) is 7.16. The van der Waals surface area contributed by atoms with E-state index in [0.717, 1.165) is 0 Å². The molecule has 0 saturated carbocycles. The number of allylic oxidation sites excluding steroid dienone is 1. The van der Waals surface area contributed by atoms with E-state index in [4.69, 9.17) is 23.7 Å². The van der Waals surface area contributed by atoms with Crippen molar-refractivity contribution in [2.75, 3.05) is 33.3 Å². The van der Waals surface area contributed by atoms with Crippen molar-refractivity contribution in [1.29, 1.82) is 0 Å². The van der Waals surface area contributed by atoms with Gasteiger partial charge in [-0.15, -0.1) is 0 Å². The van der Waals surface area contributed by atoms with Gasteiger partial charge in [0.05, 0.1) is 64.3 Å². The van der Waals surface area contributed by atoms with E-state index >= 15 is 0 Å². The Kier molecular flexibility index (Phi) is 10.3. The number of carbonyl (C=O) groups is 2. The fraction of sp³-hybridized carbons (Fsp3) is 0.226. The highest BCUT2D eigenvalue weighted by Gasteiger charge is 2.22. The van der Waals surface area contributed by atoms with E-state index in [1.54, 1.807) is 62.8 Å². The number of anilines is 1. The molecule has 0 unspecified atom stereocenters. The largest absolute Gasteiger partial charge is 0.493 e. The minimum absolute atomic E-state index is 0.00437. The van der Waals surface area contributed by atoms with Crippen LogP contribution < -0.4 is 24.3 Å². The summed E-state index contributed by atoms with van der Waals surface area (Å²) in [6.07, 6.45) is 7.90. The minimum atomic E-state index is -0.548. The fourth-order valence-electron chi connectivity index (χ4n) is 4.18. The maximum atomic E-state index is 13.3. The van der Waals surface area contributed by atoms with E-state index in [2.05, 4.69) is 32.1 Å². The molecule has 13 nitrogen and oxygen atoms in total. The van der Waals surface area contributed by atoms with E-state index in [0.29, 0.717) is 52.1 Å². The molecule has 44 heavy (non-hydrogen) atoms. The molecule has 1 amide bonds. The highest BCUT2D eigenvalue weighted by Crippen LogP contribution is 2.38. The Morgan fingerprint density at radius 1 is 1.07 bits per heavy atom. The van der Waals surface area contributed by atoms with Crippen LogP contribution >= 0.6 is 0 Å². The van der Waals surface area contributed by atoms with E-state index in [9.17, 15) is 9.59 Å². The Labute approximate surface area is 254 Å². The highest BCUT2D eigenvalue weighted by molar-refractivity contribution is 6.04. The molecule has 0 spiro atoms. The van der Waals surface area contributed by atoms with E-state index < -0.39 is 11.9 Å². The van der Waals surface area contributed by atoms with Crippen LogP contribution in [0.2, 0.25) is 0 Å². The summed E-state index contributed by atoms with van der Waals surface area (Å²) >= 11 is 0. The Morgan fingerprint density at radius 2 is 1.84 bits per heavy atom. The van der Waals surface area contributed by atoms with Crippen LogP contribution in [0.15, 0.2) is 66.2 Å². The number of ether oxygens (including phenoxy) is 5. The van der Waals surface area contributed by atoms with Gasteiger partial charge in [0.25, 0.3) is 5.91 Å². The SMILES string of the molecule is C=Nc1cc(OC)c(OC)cc1/C(=C\C)Oc1ccc(NC(=O)c2nn(-c3cnccc3CC(=O)OC)cc2OCC)nc1. The molecule has 3 heterocycles. The zero-order chi connectivity index (χ0) is 31.6. The lowest BCUT2D eigenvalue weighted by molar-refractivity contribution is -0.139. The number of aliphatic imine (C=N–C) groups is 1. The van der Waals surface area contributed by atoms with Crippen molar-refractivity contribution in [2.45, 2.75) is 20.3 Å². The first kappa shape index (κ1) is 31.2. The van der Waals surface area contributed by atoms with Gasteiger partial charge in [-0.1, -0.05) is 0 Å². The minimum Gasteiger partial charge on any atom is -0.493 e. The highest BCUT2D eigenvalue weighted by atomic mass is 16.5. The normalized spacial score (nSPS) is 11.0. The standard InChI is InChI=1S/C31H32N6O7/c1-7-24(21-14-25(40-4)26(41-5)15-22(21)32-3)44-20-9-10-28(34-16-20)35-31(39)30-27(43-8-2)18-37(36-30)23-17-33-12-11-19(23)13-29(38)42-6/h7,9-12,14-18H,3,8,13H2,1-2,4-6H3,(H,34,35,39)/b24-7+. The fourth-order valence-corrected chi connectivity index (χ4v) is 4.18. The maximum Gasteiger partial charge on any atom is 0.310 e. The average molecular weight is 601 g/mol. The average Bonchev–Trinajstić information content (AvgIpc) is 3.47. The first-order valence-corrected chi connectivity index (χ1v) is 13.4. The lowest BCUT2D eigenvalue weighted by Gasteiger charge is -2.15. The van der Waals surface area contributed by atoms with Crippen molar-refractivity contribution < 1.29 is 33.3 Å². The molecule has 0 aliphatic rings. The second-order valence-electron chi connectivity index (χ2n) is 8.95. The van der Waals surface area contributed by atoms with Gasteiger partial charge in [0.1, 0.15) is 17.3 Å². The lowest BCUT2D eigenvalue weighted by Crippen LogP contribution is -2.15. The number of rotatable bonds is 13. The summed E-state index contributed by atoms with van der Waals surface area (Å²) in [5.74, 6) is 1.45. The predicted octanol–water partition coefficient (Wildman–Crippen LogP) is 4.82. The maximum absolute atomic E-state index is 13.3. The zero-order valence-electron chi connectivity index (χ0n) is 25.0. The number of hydrogen-bond acceptors (Lipinski definition) is 11. The van der Waals surface area contributed by atoms with Crippen molar-refractivity contribution in [2.24, 2.45) is 4.99 Å². The number of nitrogens with one attached hydrogen (secondary N) is 1. The van der Waals surface area contributed by atoms with E-state index in [1.165, 1.54) is 31.3 Å². The van der Waals surface area contributed by atoms with Crippen molar-refractivity contribution in [3.63, 3.8) is 0 Å². The van der Waals surface area contributed by atoms with Gasteiger partial charge in [-0.3, -0.25) is 19.6 Å². The Hall–Kier alpha value is -5.72. The van der Waals surface area contributed by atoms with Crippen LogP contribution in [-0.2, 0) is 16.0 Å². The number of esters is 1. The van der Waals surface area contributed by atoms with Gasteiger partial charge in [0.15, 0.2) is 22.9 Å². The van der Waals surface area contributed by atoms with Gasteiger partial charge in [0, 0.05) is 17.8 Å². The number of benzene rings is 1. The van der Waals surface area contributed by atoms with Crippen LogP contribution in [0.4, 0.5) is 11.5 Å². The first-order chi connectivity index (χ1) is 21.3. The number of nitrogens with zero attached hydrogens (tertiary/aromatic N) is 5. The Balaban J connectivity index is 1.54. The molecule has 0 aliphatic heterocycles. The quantitative estimate of drug-likeness (QED) is 0.129. The van der Waals surface area contributed by atoms with Crippen LogP contribution in [0.25, 0.3) is 11.4 Å². The topological polar surface area (TPSA) is 148 Å². The van der Waals surface area contributed by atoms with Crippen molar-refractivity contribution in [3.8, 4) is 28.7 Å². The third-order valence-electron chi connectivity index (χ3n) is 6.30. The second kappa shape index (κ2) is 14.4. The molecule has 4 aromatic rings. The Morgan fingerprint density at radius 3 is 2.48 bits per heavy atom. The summed E-state index contributed by atoms with van der Waals surface area (Å²) in [7, 11) is 4.39. The summed E-state index contributed by atoms with van der Waals surface area (Å²) in [5.41, 5.74) is 2.32. The number of aromatic nitrogens is 4. The number of amides is 1. The van der Waals surface area contributed by atoms with Crippen LogP contribution in [0.3, 0.4) is 0 Å². The molecule has 1 aromatic carbocycles. The number of methoxy groups -OCH3 is 3. The predicted molar refractivity (Wildman–Crippen MR) is 163 cm³/mol. The molecular formula is C31H32N6O7. The molecule has 228 valence electrons. The molecule has 0 saturated heterocycles. The van der Waals surface area contributed by atoms with E-state index in [-0.39, 0.29) is 23.7 Å². The summed E-state index contributed by atoms with van der Waals surface area (Å²) in [6.45, 7) is 7.56. The van der Waals surface area contributed by atoms with Gasteiger partial charge in [0.2, 0.25) is 0 Å². The number of carbonyl (C=O) groups excluding carboxylic acids is 2. The summed E-state index contributed by atoms with van der Waals surface area (Å²) in [4.78, 5) is 37.7. The van der Waals surface area contributed by atoms with Gasteiger partial charge in [-0.05, 0) is 56.5 Å². The number of pyridine rings is 2. The molecule has 0 atom stereocenters. The molecule has 0 bridgehead atoms. The molecule has 1 N–H and O–H groups in total. The second-order valence-corrected chi connectivity index (χ2v) is 8.95.